The molecule has 0 atom stereocenters. The number of benzene rings is 8. The van der Waals surface area contributed by atoms with Crippen LogP contribution in [0, 0.1) is 0 Å². The van der Waals surface area contributed by atoms with Crippen molar-refractivity contribution < 1.29 is 0 Å². The summed E-state index contributed by atoms with van der Waals surface area (Å²) in [4.78, 5) is 11.4. The van der Waals surface area contributed by atoms with Crippen molar-refractivity contribution in [1.82, 2.24) is 14.5 Å². The van der Waals surface area contributed by atoms with E-state index in [9.17, 15) is 0 Å². The summed E-state index contributed by atoms with van der Waals surface area (Å²) in [6.45, 7) is 0. The highest BCUT2D eigenvalue weighted by Crippen LogP contribution is 2.47. The second-order valence-corrected chi connectivity index (χ2v) is 24.2. The van der Waals surface area contributed by atoms with Crippen LogP contribution in [-0.4, -0.2) is 31.3 Å². The number of para-hydroxylation sites is 2. The molecule has 308 valence electrons. The third-order valence-corrected chi connectivity index (χ3v) is 25.0. The lowest BCUT2D eigenvalue weighted by Crippen LogP contribution is -3.07. The molecule has 0 aliphatic carbocycles. The summed E-state index contributed by atoms with van der Waals surface area (Å²) in [7, 11) is -6.74. The van der Waals surface area contributed by atoms with Crippen LogP contribution in [0.25, 0.3) is 50.1 Å². The maximum Gasteiger partial charge on any atom is 0.319 e. The highest BCUT2D eigenvalue weighted by molar-refractivity contribution is 7.38. The van der Waals surface area contributed by atoms with Gasteiger partial charge in [-0.1, -0.05) is 224 Å². The van der Waals surface area contributed by atoms with Crippen LogP contribution in [0.1, 0.15) is 0 Å². The number of fused-ring (bicyclic) bond motifs is 3. The van der Waals surface area contributed by atoms with E-state index in [0.29, 0.717) is 0 Å². The number of hydrogen-bond donors (Lipinski definition) is 0. The van der Waals surface area contributed by atoms with Crippen molar-refractivity contribution in [1.29, 1.82) is 0 Å². The number of hydrogen-bond acceptors (Lipinski definition) is 4. The molecule has 0 saturated carbocycles. The molecule has 12 rings (SSSR count). The molecule has 1 saturated heterocycles. The summed E-state index contributed by atoms with van der Waals surface area (Å²) < 4.78 is 8.12. The Balaban J connectivity index is 1.24. The van der Waals surface area contributed by atoms with Crippen LogP contribution < -0.4 is 29.2 Å². The largest absolute Gasteiger partial charge is 0.378 e. The quantitative estimate of drug-likeness (QED) is 0.136. The Morgan fingerprint density at radius 2 is 0.646 bits per heavy atom. The SMILES string of the molecule is c1ccc(-c2cc(N3[Si](c4ccccc4)(c4ccccc4)N(c4cccc(-n5c6ccccc6c6ccccc65)n4)[Si]3(c3ccccc3)c3ccccc3)cc(-c3ccccc3)n2)cc1. The predicted molar refractivity (Wildman–Crippen MR) is 274 cm³/mol. The van der Waals surface area contributed by atoms with Crippen molar-refractivity contribution in [2.24, 2.45) is 0 Å². The van der Waals surface area contributed by atoms with Gasteiger partial charge in [-0.2, -0.15) is 0 Å². The van der Waals surface area contributed by atoms with E-state index in [1.54, 1.807) is 0 Å². The first kappa shape index (κ1) is 38.6. The number of rotatable bonds is 9. The van der Waals surface area contributed by atoms with Crippen LogP contribution >= 0.6 is 0 Å². The first-order chi connectivity index (χ1) is 32.3. The fourth-order valence-corrected chi connectivity index (χ4v) is 25.4. The number of anilines is 2. The second-order valence-electron chi connectivity index (χ2n) is 16.5. The third kappa shape index (κ3) is 6.04. The lowest BCUT2D eigenvalue weighted by molar-refractivity contribution is 1.06. The zero-order valence-electron chi connectivity index (χ0n) is 35.6. The van der Waals surface area contributed by atoms with E-state index in [4.69, 9.17) is 9.97 Å². The smallest absolute Gasteiger partial charge is 0.319 e. The second kappa shape index (κ2) is 15.9. The molecule has 5 nitrogen and oxygen atoms in total. The number of nitrogens with zero attached hydrogens (tertiary/aromatic N) is 5. The molecule has 4 heterocycles. The molecule has 8 aromatic carbocycles. The highest BCUT2D eigenvalue weighted by atomic mass is 28.5. The van der Waals surface area contributed by atoms with Gasteiger partial charge in [-0.05, 0) is 57.1 Å². The van der Waals surface area contributed by atoms with Crippen molar-refractivity contribution in [3.8, 4) is 28.3 Å². The van der Waals surface area contributed by atoms with Crippen LogP contribution in [0.5, 0.6) is 0 Å². The zero-order valence-corrected chi connectivity index (χ0v) is 37.6. The molecule has 3 aromatic heterocycles. The predicted octanol–water partition coefficient (Wildman–Crippen LogP) is 10.7. The van der Waals surface area contributed by atoms with E-state index in [0.717, 1.165) is 50.9 Å². The van der Waals surface area contributed by atoms with Gasteiger partial charge in [0.25, 0.3) is 0 Å². The lowest BCUT2D eigenvalue weighted by Gasteiger charge is -2.72. The fourth-order valence-electron chi connectivity index (χ4n) is 10.4. The molecular formula is C58H43N5Si2. The van der Waals surface area contributed by atoms with E-state index in [1.165, 1.54) is 31.5 Å². The minimum absolute atomic E-state index is 0.882. The molecule has 0 N–H and O–H groups in total. The van der Waals surface area contributed by atoms with Crippen molar-refractivity contribution >= 4 is 70.9 Å². The molecule has 0 amide bonds. The molecule has 1 aliphatic heterocycles. The zero-order chi connectivity index (χ0) is 43.2. The van der Waals surface area contributed by atoms with Gasteiger partial charge in [-0.3, -0.25) is 4.57 Å². The molecule has 1 fully saturated rings. The average molecular weight is 866 g/mol. The number of pyridine rings is 2. The van der Waals surface area contributed by atoms with Gasteiger partial charge in [0.05, 0.1) is 22.4 Å². The van der Waals surface area contributed by atoms with Gasteiger partial charge in [-0.15, -0.1) is 0 Å². The monoisotopic (exact) mass is 865 g/mol. The van der Waals surface area contributed by atoms with Gasteiger partial charge in [0.2, 0.25) is 0 Å². The first-order valence-corrected chi connectivity index (χ1v) is 26.0. The molecule has 7 heteroatoms. The van der Waals surface area contributed by atoms with Crippen LogP contribution in [0.15, 0.2) is 261 Å². The Morgan fingerprint density at radius 1 is 0.292 bits per heavy atom. The Kier molecular flexibility index (Phi) is 9.44. The summed E-state index contributed by atoms with van der Waals surface area (Å²) in [6, 6.07) is 94.9. The maximum atomic E-state index is 5.91. The van der Waals surface area contributed by atoms with Gasteiger partial charge >= 0.3 is 16.8 Å². The van der Waals surface area contributed by atoms with E-state index >= 15 is 0 Å². The fraction of sp³-hybridized carbons (Fsp3) is 0. The minimum Gasteiger partial charge on any atom is -0.378 e. The summed E-state index contributed by atoms with van der Waals surface area (Å²) in [5.41, 5.74) is 7.40. The number of aromatic nitrogens is 3. The molecule has 1 aliphatic rings. The van der Waals surface area contributed by atoms with Gasteiger partial charge < -0.3 is 8.46 Å². The van der Waals surface area contributed by atoms with Crippen molar-refractivity contribution in [3.63, 3.8) is 0 Å². The van der Waals surface area contributed by atoms with Gasteiger partial charge in [-0.25, -0.2) is 9.97 Å². The van der Waals surface area contributed by atoms with Gasteiger partial charge in [0.15, 0.2) is 0 Å². The third-order valence-electron chi connectivity index (χ3n) is 13.0. The van der Waals surface area contributed by atoms with Crippen molar-refractivity contribution in [2.75, 3.05) is 8.46 Å². The van der Waals surface area contributed by atoms with Crippen LogP contribution in [-0.2, 0) is 0 Å². The van der Waals surface area contributed by atoms with E-state index < -0.39 is 16.8 Å². The Labute approximate surface area is 381 Å². The van der Waals surface area contributed by atoms with Crippen molar-refractivity contribution in [2.45, 2.75) is 0 Å². The molecular weight excluding hydrogens is 823 g/mol. The van der Waals surface area contributed by atoms with E-state index in [2.05, 4.69) is 274 Å². The minimum atomic E-state index is -3.37. The topological polar surface area (TPSA) is 37.2 Å². The molecule has 0 unspecified atom stereocenters. The average Bonchev–Trinajstić information content (AvgIpc) is 3.72. The summed E-state index contributed by atoms with van der Waals surface area (Å²) in [5, 5.41) is 7.49. The maximum absolute atomic E-state index is 5.91. The molecule has 0 bridgehead atoms. The molecule has 65 heavy (non-hydrogen) atoms. The van der Waals surface area contributed by atoms with Crippen molar-refractivity contribution in [3.05, 3.63) is 261 Å². The summed E-state index contributed by atoms with van der Waals surface area (Å²) in [5.74, 6) is 1.83. The van der Waals surface area contributed by atoms with Crippen LogP contribution in [0.4, 0.5) is 11.5 Å². The first-order valence-electron chi connectivity index (χ1n) is 22.2. The highest BCUT2D eigenvalue weighted by Gasteiger charge is 2.75. The van der Waals surface area contributed by atoms with E-state index in [1.807, 2.05) is 0 Å². The van der Waals surface area contributed by atoms with Crippen LogP contribution in [0.3, 0.4) is 0 Å². The molecule has 0 spiro atoms. The Morgan fingerprint density at radius 3 is 1.06 bits per heavy atom. The normalized spacial score (nSPS) is 14.0. The molecule has 11 aromatic rings. The van der Waals surface area contributed by atoms with E-state index in [-0.39, 0.29) is 0 Å². The Bertz CT molecular complexity index is 3160. The summed E-state index contributed by atoms with van der Waals surface area (Å²) >= 11 is 0. The van der Waals surface area contributed by atoms with Gasteiger partial charge in [0.1, 0.15) is 11.6 Å². The standard InChI is InChI=1S/C58H43N5Si2/c1-7-24-44(25-8-1)53-42-46(43-54(59-53)45-26-9-2-10-27-45)62-64(47-28-11-3-12-29-47,48-30-13-4-14-31-48)63(65(62,49-32-15-5-16-33-49)50-34-17-6-18-35-50)58-41-23-40-57(60-58)61-55-38-21-19-36-51(55)52-37-20-22-39-56(52)61/h1-43H. The van der Waals surface area contributed by atoms with Crippen LogP contribution in [0.2, 0.25) is 0 Å². The molecule has 0 radical (unpaired) electrons. The van der Waals surface area contributed by atoms with Gasteiger partial charge in [0, 0.05) is 27.6 Å². The Hall–Kier alpha value is -8.11. The summed E-state index contributed by atoms with van der Waals surface area (Å²) in [6.07, 6.45) is 0. The lowest BCUT2D eigenvalue weighted by atomic mass is 10.1.